The Morgan fingerprint density at radius 3 is 0.750 bits per heavy atom. The van der Waals surface area contributed by atoms with Crippen molar-refractivity contribution in [1.82, 2.24) is 0 Å². The summed E-state index contributed by atoms with van der Waals surface area (Å²) >= 11 is 0. The average molecular weight is 245 g/mol. The Kier molecular flexibility index (Phi) is 3280. The first-order valence-corrected chi connectivity index (χ1v) is 0. The van der Waals surface area contributed by atoms with Crippen molar-refractivity contribution in [2.24, 2.45) is 0 Å². The molecule has 0 unspecified atom stereocenters. The zero-order chi connectivity index (χ0) is 0. The monoisotopic (exact) mass is 245 g/mol. The van der Waals surface area contributed by atoms with Gasteiger partial charge in [0.1, 0.15) is 0 Å². The second kappa shape index (κ2) is 72.9. The molecule has 0 saturated carbocycles. The van der Waals surface area contributed by atoms with Gasteiger partial charge in [-0.3, -0.25) is 0 Å². The summed E-state index contributed by atoms with van der Waals surface area (Å²) in [6.45, 7) is 0. The van der Waals surface area contributed by atoms with Crippen LogP contribution in [0.5, 0.6) is 0 Å². The third-order valence-corrected chi connectivity index (χ3v) is 0. The molecule has 0 rings (SSSR count). The fourth-order valence-corrected chi connectivity index (χ4v) is 0. The van der Waals surface area contributed by atoms with Crippen LogP contribution in [0.2, 0.25) is 0 Å². The second-order valence-electron chi connectivity index (χ2n) is 0. The number of rotatable bonds is 0. The van der Waals surface area contributed by atoms with E-state index in [1.54, 1.807) is 0 Å². The Morgan fingerprint density at radius 1 is 0.750 bits per heavy atom. The first-order valence-electron chi connectivity index (χ1n) is 0. The summed E-state index contributed by atoms with van der Waals surface area (Å²) in [7, 11) is 0. The van der Waals surface area contributed by atoms with E-state index in [1.807, 2.05) is 0 Å². The molecule has 32 valence electrons. The fraction of sp³-hybridized carbons (Fsp3) is 0. The Bertz CT molecular complexity index is 6.00. The van der Waals surface area contributed by atoms with Crippen molar-refractivity contribution in [2.75, 3.05) is 0 Å². The summed E-state index contributed by atoms with van der Waals surface area (Å²) < 4.78 is 0. The molecular weight excluding hydrogens is 239 g/mol. The molecule has 3 nitrogen and oxygen atoms in total. The summed E-state index contributed by atoms with van der Waals surface area (Å²) in [5, 5.41) is 0. The smallest absolute Gasteiger partial charge is 0.693 e. The summed E-state index contributed by atoms with van der Waals surface area (Å²) in [4.78, 5) is 0. The van der Waals surface area contributed by atoms with E-state index < -0.39 is 0 Å². The molecule has 0 atom stereocenters. The quantitative estimate of drug-likeness (QED) is 0.597. The van der Waals surface area contributed by atoms with Crippen molar-refractivity contribution in [2.45, 2.75) is 0 Å². The van der Waals surface area contributed by atoms with Gasteiger partial charge in [0.15, 0.2) is 0 Å². The maximum atomic E-state index is 0. The predicted molar refractivity (Wildman–Crippen MR) is 14.2 cm³/mol. The van der Waals surface area contributed by atoms with Crippen LogP contribution in [0.4, 0.5) is 0 Å². The summed E-state index contributed by atoms with van der Waals surface area (Å²) in [6, 6.07) is 0. The molecule has 0 bridgehead atoms. The van der Waals surface area contributed by atoms with Crippen LogP contribution in [-0.2, 0) is 21.1 Å². The van der Waals surface area contributed by atoms with Gasteiger partial charge in [-0.05, 0) is 0 Å². The maximum Gasteiger partial charge on any atom is 2.00 e. The van der Waals surface area contributed by atoms with E-state index in [2.05, 4.69) is 0 Å². The molecule has 0 aromatic carbocycles. The molecule has 0 fully saturated rings. The topological polar surface area (TPSA) is 98.5 Å². The van der Waals surface area contributed by atoms with E-state index in [0.29, 0.717) is 0 Å². The van der Waals surface area contributed by atoms with Crippen LogP contribution in [0.3, 0.4) is 0 Å². The van der Waals surface area contributed by atoms with Crippen LogP contribution >= 0.6 is 0 Å². The van der Waals surface area contributed by atoms with Crippen LogP contribution in [0.25, 0.3) is 12.3 Å². The molecule has 0 aliphatic heterocycles. The molecule has 6 N–H and O–H groups in total. The summed E-state index contributed by atoms with van der Waals surface area (Å²) in [5.41, 5.74) is 0. The number of nitrogens with two attached hydrogens (primary N) is 2. The van der Waals surface area contributed by atoms with Crippen molar-refractivity contribution in [3.05, 3.63) is 12.3 Å². The molecule has 0 saturated heterocycles. The van der Waals surface area contributed by atoms with Gasteiger partial charge >= 0.3 is 21.1 Å². The maximum absolute atomic E-state index is 0. The van der Waals surface area contributed by atoms with Crippen LogP contribution in [0.15, 0.2) is 0 Å². The molecule has 0 radical (unpaired) electrons. The molecular formula is H6N2OPt. The third kappa shape index (κ3) is 19.6. The zero-order valence-electron chi connectivity index (χ0n) is 1.97. The van der Waals surface area contributed by atoms with E-state index in [0.717, 1.165) is 0 Å². The van der Waals surface area contributed by atoms with Gasteiger partial charge in [-0.25, -0.2) is 0 Å². The van der Waals surface area contributed by atoms with Crippen molar-refractivity contribution in [1.29, 1.82) is 0 Å². The zero-order valence-corrected chi connectivity index (χ0v) is 4.24. The molecule has 0 aromatic rings. The molecule has 0 aromatic heterocycles. The molecule has 0 spiro atoms. The summed E-state index contributed by atoms with van der Waals surface area (Å²) in [6.07, 6.45) is 0. The van der Waals surface area contributed by atoms with Gasteiger partial charge in [-0.2, -0.15) is 0 Å². The largest absolute Gasteiger partial charge is 2.00 e. The first kappa shape index (κ1) is 180. The molecule has 0 amide bonds. The summed E-state index contributed by atoms with van der Waals surface area (Å²) in [5.74, 6) is 0. The molecule has 0 heterocycles. The van der Waals surface area contributed by atoms with E-state index in [4.69, 9.17) is 0 Å². The minimum Gasteiger partial charge on any atom is -0.693 e. The van der Waals surface area contributed by atoms with Crippen LogP contribution in [0.1, 0.15) is 0 Å². The third-order valence-electron chi connectivity index (χ3n) is 0. The van der Waals surface area contributed by atoms with Gasteiger partial charge in [0, 0.05) is 0 Å². The van der Waals surface area contributed by atoms with Crippen molar-refractivity contribution in [3.63, 3.8) is 0 Å². The van der Waals surface area contributed by atoms with Gasteiger partial charge in [0.05, 0.1) is 0 Å². The molecule has 0 aliphatic carbocycles. The van der Waals surface area contributed by atoms with Crippen LogP contribution in [0, 0.1) is 0 Å². The van der Waals surface area contributed by atoms with E-state index in [1.165, 1.54) is 0 Å². The Morgan fingerprint density at radius 2 is 0.750 bits per heavy atom. The molecule has 0 aliphatic rings. The minimum absolute atomic E-state index is 0. The van der Waals surface area contributed by atoms with Crippen molar-refractivity contribution < 1.29 is 26.5 Å². The van der Waals surface area contributed by atoms with Gasteiger partial charge in [0.2, 0.25) is 0 Å². The van der Waals surface area contributed by atoms with Crippen LogP contribution in [-0.4, -0.2) is 5.48 Å². The standard InChI is InChI=1S/2H2N.H2O.Pt/h3*1H2;/q2*-1;;+2. The second-order valence-corrected chi connectivity index (χ2v) is 0. The first-order chi connectivity index (χ1) is 0. The SMILES string of the molecule is O.[NH2-].[NH2-].[Pt+2]. The van der Waals surface area contributed by atoms with Gasteiger partial charge in [-0.15, -0.1) is 0 Å². The van der Waals surface area contributed by atoms with E-state index in [9.17, 15) is 0 Å². The predicted octanol–water partition coefficient (Wildman–Crippen LogP) is 0.607. The number of hydrogen-bond acceptors (Lipinski definition) is 0. The van der Waals surface area contributed by atoms with Crippen molar-refractivity contribution >= 4 is 0 Å². The van der Waals surface area contributed by atoms with E-state index >= 15 is 0 Å². The Balaban J connectivity index is 0. The number of hydrogen-bond donors (Lipinski definition) is 0. The molecule has 4 heavy (non-hydrogen) atoms. The van der Waals surface area contributed by atoms with Gasteiger partial charge < -0.3 is 17.8 Å². The van der Waals surface area contributed by atoms with E-state index in [-0.39, 0.29) is 38.8 Å². The minimum atomic E-state index is 0. The van der Waals surface area contributed by atoms with Gasteiger partial charge in [0.25, 0.3) is 0 Å². The molecule has 4 heteroatoms. The Labute approximate surface area is 39.5 Å². The fourth-order valence-electron chi connectivity index (χ4n) is 0. The average Bonchev–Trinajstić information content (AvgIpc) is 0. The van der Waals surface area contributed by atoms with Crippen molar-refractivity contribution in [3.8, 4) is 0 Å². The van der Waals surface area contributed by atoms with Crippen LogP contribution < -0.4 is 0 Å². The normalized spacial score (nSPS) is 0. The Hall–Kier alpha value is 0.568. The van der Waals surface area contributed by atoms with Gasteiger partial charge in [-0.1, -0.05) is 0 Å².